The van der Waals surface area contributed by atoms with Crippen molar-refractivity contribution in [3.8, 4) is 0 Å². The molecule has 2 rings (SSSR count). The van der Waals surface area contributed by atoms with Crippen molar-refractivity contribution in [1.29, 1.82) is 0 Å². The molecule has 1 saturated heterocycles. The zero-order valence-electron chi connectivity index (χ0n) is 10.2. The molecule has 1 aromatic heterocycles. The van der Waals surface area contributed by atoms with Crippen LogP contribution in [0.5, 0.6) is 0 Å². The topological polar surface area (TPSA) is 88.4 Å². The minimum atomic E-state index is -0.418. The summed E-state index contributed by atoms with van der Waals surface area (Å²) in [7, 11) is 1.58. The highest BCUT2D eigenvalue weighted by molar-refractivity contribution is 8.18. The SMILES string of the molecule is CNC(=O)CCc1ccc(/C=C2\SC(=O)NC2=O)o1. The van der Waals surface area contributed by atoms with Crippen LogP contribution in [0, 0.1) is 0 Å². The van der Waals surface area contributed by atoms with Crippen molar-refractivity contribution in [3.63, 3.8) is 0 Å². The van der Waals surface area contributed by atoms with E-state index in [9.17, 15) is 14.4 Å². The van der Waals surface area contributed by atoms with Crippen molar-refractivity contribution in [2.75, 3.05) is 7.05 Å². The van der Waals surface area contributed by atoms with E-state index in [2.05, 4.69) is 10.6 Å². The predicted molar refractivity (Wildman–Crippen MR) is 70.2 cm³/mol. The molecule has 3 amide bonds. The highest BCUT2D eigenvalue weighted by Crippen LogP contribution is 2.26. The maximum absolute atomic E-state index is 11.3. The zero-order chi connectivity index (χ0) is 13.8. The van der Waals surface area contributed by atoms with Crippen molar-refractivity contribution in [2.24, 2.45) is 0 Å². The molecule has 1 aliphatic heterocycles. The predicted octanol–water partition coefficient (Wildman–Crippen LogP) is 1.28. The summed E-state index contributed by atoms with van der Waals surface area (Å²) < 4.78 is 5.46. The van der Waals surface area contributed by atoms with Gasteiger partial charge in [0, 0.05) is 26.0 Å². The first-order chi connectivity index (χ1) is 9.08. The van der Waals surface area contributed by atoms with Crippen LogP contribution in [0.1, 0.15) is 17.9 Å². The number of hydrogen-bond acceptors (Lipinski definition) is 5. The van der Waals surface area contributed by atoms with Crippen molar-refractivity contribution in [3.05, 3.63) is 28.6 Å². The van der Waals surface area contributed by atoms with E-state index in [4.69, 9.17) is 4.42 Å². The molecule has 0 saturated carbocycles. The molecule has 0 unspecified atom stereocenters. The first-order valence-corrected chi connectivity index (χ1v) is 6.44. The highest BCUT2D eigenvalue weighted by Gasteiger charge is 2.25. The number of rotatable bonds is 4. The van der Waals surface area contributed by atoms with E-state index >= 15 is 0 Å². The van der Waals surface area contributed by atoms with Gasteiger partial charge in [-0.25, -0.2) is 0 Å². The summed E-state index contributed by atoms with van der Waals surface area (Å²) in [6.07, 6.45) is 2.34. The van der Waals surface area contributed by atoms with E-state index in [1.807, 2.05) is 0 Å². The van der Waals surface area contributed by atoms with Gasteiger partial charge in [-0.15, -0.1) is 0 Å². The number of amides is 3. The number of thioether (sulfide) groups is 1. The van der Waals surface area contributed by atoms with Gasteiger partial charge in [-0.3, -0.25) is 19.7 Å². The molecule has 0 aromatic carbocycles. The minimum Gasteiger partial charge on any atom is -0.462 e. The molecule has 1 aliphatic rings. The molecule has 0 bridgehead atoms. The molecule has 19 heavy (non-hydrogen) atoms. The minimum absolute atomic E-state index is 0.0624. The van der Waals surface area contributed by atoms with Gasteiger partial charge in [0.05, 0.1) is 4.91 Å². The highest BCUT2D eigenvalue weighted by atomic mass is 32.2. The van der Waals surface area contributed by atoms with E-state index in [1.54, 1.807) is 19.2 Å². The third-order valence-corrected chi connectivity index (χ3v) is 3.29. The Morgan fingerprint density at radius 2 is 2.26 bits per heavy atom. The lowest BCUT2D eigenvalue weighted by atomic mass is 10.2. The Morgan fingerprint density at radius 3 is 2.89 bits per heavy atom. The summed E-state index contributed by atoms with van der Waals surface area (Å²) in [5, 5.41) is 4.30. The second-order valence-corrected chi connectivity index (χ2v) is 4.84. The van der Waals surface area contributed by atoms with Crippen molar-refractivity contribution in [1.82, 2.24) is 10.6 Å². The van der Waals surface area contributed by atoms with Crippen LogP contribution in [0.15, 0.2) is 21.5 Å². The quantitative estimate of drug-likeness (QED) is 0.811. The molecule has 6 nitrogen and oxygen atoms in total. The van der Waals surface area contributed by atoms with Crippen molar-refractivity contribution >= 4 is 34.9 Å². The number of aryl methyl sites for hydroxylation is 1. The fourth-order valence-electron chi connectivity index (χ4n) is 1.52. The number of imide groups is 1. The smallest absolute Gasteiger partial charge is 0.290 e. The number of furan rings is 1. The Bertz CT molecular complexity index is 562. The monoisotopic (exact) mass is 280 g/mol. The molecule has 0 spiro atoms. The fraction of sp³-hybridized carbons (Fsp3) is 0.250. The van der Waals surface area contributed by atoms with Crippen LogP contribution in [-0.4, -0.2) is 24.1 Å². The maximum atomic E-state index is 11.3. The van der Waals surface area contributed by atoms with Crippen LogP contribution < -0.4 is 10.6 Å². The molecule has 0 radical (unpaired) electrons. The van der Waals surface area contributed by atoms with E-state index in [0.717, 1.165) is 11.8 Å². The fourth-order valence-corrected chi connectivity index (χ4v) is 2.18. The first kappa shape index (κ1) is 13.4. The number of hydrogen-bond donors (Lipinski definition) is 2. The van der Waals surface area contributed by atoms with Gasteiger partial charge in [-0.1, -0.05) is 0 Å². The molecule has 0 atom stereocenters. The lowest BCUT2D eigenvalue weighted by Gasteiger charge is -1.96. The van der Waals surface area contributed by atoms with Gasteiger partial charge in [0.25, 0.3) is 11.1 Å². The van der Waals surface area contributed by atoms with Gasteiger partial charge in [-0.2, -0.15) is 0 Å². The largest absolute Gasteiger partial charge is 0.462 e. The average Bonchev–Trinajstić information content (AvgIpc) is 2.94. The summed E-state index contributed by atoms with van der Waals surface area (Å²) in [6, 6.07) is 3.44. The molecule has 2 N–H and O–H groups in total. The van der Waals surface area contributed by atoms with Crippen LogP contribution >= 0.6 is 11.8 Å². The molecular formula is C12H12N2O4S. The summed E-state index contributed by atoms with van der Waals surface area (Å²) >= 11 is 0.837. The van der Waals surface area contributed by atoms with E-state index < -0.39 is 5.91 Å². The van der Waals surface area contributed by atoms with Gasteiger partial charge in [0.1, 0.15) is 11.5 Å². The zero-order valence-corrected chi connectivity index (χ0v) is 11.0. The molecule has 100 valence electrons. The van der Waals surface area contributed by atoms with Crippen LogP contribution in [0.4, 0.5) is 4.79 Å². The van der Waals surface area contributed by atoms with Crippen LogP contribution in [0.25, 0.3) is 6.08 Å². The summed E-state index contributed by atoms with van der Waals surface area (Å²) in [5.74, 6) is 0.662. The Balaban J connectivity index is 2.01. The Kier molecular flexibility index (Phi) is 4.06. The summed E-state index contributed by atoms with van der Waals surface area (Å²) in [5.41, 5.74) is 0. The van der Waals surface area contributed by atoms with Gasteiger partial charge < -0.3 is 9.73 Å². The molecule has 1 aromatic rings. The van der Waals surface area contributed by atoms with E-state index in [-0.39, 0.29) is 11.1 Å². The summed E-state index contributed by atoms with van der Waals surface area (Å²) in [6.45, 7) is 0. The lowest BCUT2D eigenvalue weighted by molar-refractivity contribution is -0.120. The normalized spacial score (nSPS) is 16.8. The molecule has 7 heteroatoms. The molecular weight excluding hydrogens is 268 g/mol. The van der Waals surface area contributed by atoms with Crippen molar-refractivity contribution in [2.45, 2.75) is 12.8 Å². The van der Waals surface area contributed by atoms with Gasteiger partial charge in [0.2, 0.25) is 5.91 Å². The number of carbonyl (C=O) groups is 3. The summed E-state index contributed by atoms with van der Waals surface area (Å²) in [4.78, 5) is 33.7. The standard InChI is InChI=1S/C12H12N2O4S/c1-13-10(15)5-4-7-2-3-8(18-7)6-9-11(16)14-12(17)19-9/h2-3,6H,4-5H2,1H3,(H,13,15)(H,14,16,17)/b9-6-. The lowest BCUT2D eigenvalue weighted by Crippen LogP contribution is -2.17. The van der Waals surface area contributed by atoms with Crippen LogP contribution in [0.2, 0.25) is 0 Å². The van der Waals surface area contributed by atoms with Crippen LogP contribution in [-0.2, 0) is 16.0 Å². The molecule has 2 heterocycles. The molecule has 1 fully saturated rings. The first-order valence-electron chi connectivity index (χ1n) is 5.62. The van der Waals surface area contributed by atoms with Gasteiger partial charge in [0.15, 0.2) is 0 Å². The van der Waals surface area contributed by atoms with Crippen LogP contribution in [0.3, 0.4) is 0 Å². The maximum Gasteiger partial charge on any atom is 0.290 e. The Labute approximate surface area is 113 Å². The number of carbonyl (C=O) groups excluding carboxylic acids is 3. The van der Waals surface area contributed by atoms with E-state index in [0.29, 0.717) is 29.3 Å². The third kappa shape index (κ3) is 3.47. The van der Waals surface area contributed by atoms with Gasteiger partial charge in [-0.05, 0) is 23.9 Å². The second-order valence-electron chi connectivity index (χ2n) is 3.83. The average molecular weight is 280 g/mol. The molecule has 0 aliphatic carbocycles. The Hall–Kier alpha value is -2.02. The second kappa shape index (κ2) is 5.75. The van der Waals surface area contributed by atoms with Gasteiger partial charge >= 0.3 is 0 Å². The van der Waals surface area contributed by atoms with E-state index in [1.165, 1.54) is 6.08 Å². The Morgan fingerprint density at radius 1 is 1.47 bits per heavy atom. The third-order valence-electron chi connectivity index (χ3n) is 2.48. The number of nitrogens with one attached hydrogen (secondary N) is 2. The van der Waals surface area contributed by atoms with Crippen molar-refractivity contribution < 1.29 is 18.8 Å².